The predicted octanol–water partition coefficient (Wildman–Crippen LogP) is 3.39. The van der Waals surface area contributed by atoms with Crippen molar-refractivity contribution in [3.8, 4) is 5.75 Å². The third-order valence-electron chi connectivity index (χ3n) is 4.16. The van der Waals surface area contributed by atoms with Crippen LogP contribution in [0.4, 0.5) is 4.39 Å². The molecule has 0 aliphatic carbocycles. The van der Waals surface area contributed by atoms with E-state index < -0.39 is 21.9 Å². The average Bonchev–Trinajstić information content (AvgIpc) is 2.67. The molecule has 0 aliphatic heterocycles. The molecule has 0 aliphatic rings. The second-order valence-corrected chi connectivity index (χ2v) is 7.73. The molecule has 0 saturated heterocycles. The summed E-state index contributed by atoms with van der Waals surface area (Å²) in [6, 6.07) is 16.4. The molecule has 0 spiro atoms. The fourth-order valence-electron chi connectivity index (χ4n) is 2.84. The summed E-state index contributed by atoms with van der Waals surface area (Å²) >= 11 is 0. The number of hydrogen-bond acceptors (Lipinski definition) is 4. The van der Waals surface area contributed by atoms with E-state index in [2.05, 4.69) is 4.72 Å². The van der Waals surface area contributed by atoms with Crippen LogP contribution in [0.15, 0.2) is 65.6 Å². The topological polar surface area (TPSA) is 75.6 Å². The Labute approximate surface area is 157 Å². The Bertz CT molecular complexity index is 1050. The monoisotopic (exact) mass is 389 g/mol. The van der Waals surface area contributed by atoms with Gasteiger partial charge in [-0.05, 0) is 41.5 Å². The van der Waals surface area contributed by atoms with Gasteiger partial charge in [-0.2, -0.15) is 0 Å². The van der Waals surface area contributed by atoms with Crippen molar-refractivity contribution in [1.82, 2.24) is 4.72 Å². The maximum Gasteiger partial charge on any atom is 0.240 e. The summed E-state index contributed by atoms with van der Waals surface area (Å²) in [5.74, 6) is -0.762. The summed E-state index contributed by atoms with van der Waals surface area (Å²) in [4.78, 5) is -0.228. The van der Waals surface area contributed by atoms with Crippen LogP contribution in [-0.2, 0) is 10.0 Å². The van der Waals surface area contributed by atoms with Crippen molar-refractivity contribution in [1.29, 1.82) is 0 Å². The van der Waals surface area contributed by atoms with Gasteiger partial charge in [0.05, 0.1) is 17.6 Å². The molecule has 0 bridgehead atoms. The Hall–Kier alpha value is -2.48. The number of hydrogen-bond donors (Lipinski definition) is 2. The number of ether oxygens (including phenoxy) is 1. The predicted molar refractivity (Wildman–Crippen MR) is 102 cm³/mol. The number of halogens is 1. The molecule has 3 rings (SSSR count). The van der Waals surface area contributed by atoms with Gasteiger partial charge in [0.15, 0.2) is 11.6 Å². The van der Waals surface area contributed by atoms with Crippen molar-refractivity contribution in [3.63, 3.8) is 0 Å². The van der Waals surface area contributed by atoms with Crippen LogP contribution in [0.2, 0.25) is 0 Å². The third-order valence-corrected chi connectivity index (χ3v) is 5.58. The molecule has 3 aromatic rings. The standard InChI is InChI=1S/C20H20FNO4S/c1-2-26-20-11-10-15(12-18(20)21)27(24,25)22-13-19(23)17-9-5-7-14-6-3-4-8-16(14)17/h3-12,19,22-23H,2,13H2,1H3. The van der Waals surface area contributed by atoms with Crippen molar-refractivity contribution < 1.29 is 22.7 Å². The molecule has 142 valence electrons. The molecule has 0 saturated carbocycles. The first-order valence-electron chi connectivity index (χ1n) is 8.50. The molecule has 0 heterocycles. The lowest BCUT2D eigenvalue weighted by atomic mass is 10.0. The van der Waals surface area contributed by atoms with Gasteiger partial charge in [-0.3, -0.25) is 0 Å². The fourth-order valence-corrected chi connectivity index (χ4v) is 3.89. The van der Waals surface area contributed by atoms with Gasteiger partial charge in [0.2, 0.25) is 10.0 Å². The normalized spacial score (nSPS) is 12.9. The van der Waals surface area contributed by atoms with E-state index in [9.17, 15) is 17.9 Å². The third kappa shape index (κ3) is 4.27. The van der Waals surface area contributed by atoms with E-state index in [0.717, 1.165) is 16.8 Å². The lowest BCUT2D eigenvalue weighted by molar-refractivity contribution is 0.183. The second kappa shape index (κ2) is 8.04. The molecule has 1 unspecified atom stereocenters. The second-order valence-electron chi connectivity index (χ2n) is 5.96. The Kier molecular flexibility index (Phi) is 5.74. The number of nitrogens with one attached hydrogen (secondary N) is 1. The van der Waals surface area contributed by atoms with E-state index in [4.69, 9.17) is 4.74 Å². The average molecular weight is 389 g/mol. The molecule has 1 atom stereocenters. The van der Waals surface area contributed by atoms with Gasteiger partial charge < -0.3 is 9.84 Å². The maximum atomic E-state index is 13.9. The zero-order valence-corrected chi connectivity index (χ0v) is 15.5. The van der Waals surface area contributed by atoms with Crippen LogP contribution in [0, 0.1) is 5.82 Å². The summed E-state index contributed by atoms with van der Waals surface area (Å²) in [5, 5.41) is 12.3. The molecule has 3 aromatic carbocycles. The lowest BCUT2D eigenvalue weighted by Crippen LogP contribution is -2.28. The molecule has 27 heavy (non-hydrogen) atoms. The molecule has 0 amide bonds. The molecular weight excluding hydrogens is 369 g/mol. The minimum Gasteiger partial charge on any atom is -0.491 e. The van der Waals surface area contributed by atoms with Crippen LogP contribution in [0.25, 0.3) is 10.8 Å². The number of rotatable bonds is 7. The minimum absolute atomic E-state index is 0.00719. The minimum atomic E-state index is -3.98. The highest BCUT2D eigenvalue weighted by Gasteiger charge is 2.19. The van der Waals surface area contributed by atoms with E-state index in [-0.39, 0.29) is 23.8 Å². The molecule has 2 N–H and O–H groups in total. The SMILES string of the molecule is CCOc1ccc(S(=O)(=O)NCC(O)c2cccc3ccccc23)cc1F. The summed E-state index contributed by atoms with van der Waals surface area (Å²) in [6.45, 7) is 1.75. The molecule has 5 nitrogen and oxygen atoms in total. The quantitative estimate of drug-likeness (QED) is 0.650. The van der Waals surface area contributed by atoms with Crippen molar-refractivity contribution in [2.24, 2.45) is 0 Å². The van der Waals surface area contributed by atoms with Gasteiger partial charge in [-0.25, -0.2) is 17.5 Å². The van der Waals surface area contributed by atoms with Gasteiger partial charge in [-0.15, -0.1) is 0 Å². The van der Waals surface area contributed by atoms with Crippen molar-refractivity contribution in [2.75, 3.05) is 13.2 Å². The first-order chi connectivity index (χ1) is 12.9. The number of aliphatic hydroxyl groups is 1. The first kappa shape index (κ1) is 19.3. The Morgan fingerprint density at radius 3 is 2.59 bits per heavy atom. The van der Waals surface area contributed by atoms with Crippen molar-refractivity contribution in [2.45, 2.75) is 17.9 Å². The largest absolute Gasteiger partial charge is 0.491 e. The smallest absolute Gasteiger partial charge is 0.240 e. The van der Waals surface area contributed by atoms with Crippen LogP contribution in [0.1, 0.15) is 18.6 Å². The molecule has 7 heteroatoms. The van der Waals surface area contributed by atoms with Crippen LogP contribution in [-0.4, -0.2) is 26.7 Å². The highest BCUT2D eigenvalue weighted by molar-refractivity contribution is 7.89. The lowest BCUT2D eigenvalue weighted by Gasteiger charge is -2.15. The van der Waals surface area contributed by atoms with E-state index in [1.54, 1.807) is 19.1 Å². The van der Waals surface area contributed by atoms with Gasteiger partial charge in [0.1, 0.15) is 0 Å². The highest BCUT2D eigenvalue weighted by atomic mass is 32.2. The Morgan fingerprint density at radius 1 is 1.11 bits per heavy atom. The summed E-state index contributed by atoms with van der Waals surface area (Å²) in [7, 11) is -3.98. The van der Waals surface area contributed by atoms with Crippen LogP contribution < -0.4 is 9.46 Å². The Balaban J connectivity index is 1.77. The van der Waals surface area contributed by atoms with E-state index in [1.807, 2.05) is 30.3 Å². The van der Waals surface area contributed by atoms with Crippen LogP contribution in [0.5, 0.6) is 5.75 Å². The highest BCUT2D eigenvalue weighted by Crippen LogP contribution is 2.25. The molecule has 0 radical (unpaired) electrons. The fraction of sp³-hybridized carbons (Fsp3) is 0.200. The summed E-state index contributed by atoms with van der Waals surface area (Å²) < 4.78 is 46.2. The van der Waals surface area contributed by atoms with E-state index in [1.165, 1.54) is 12.1 Å². The maximum absolute atomic E-state index is 13.9. The summed E-state index contributed by atoms with van der Waals surface area (Å²) in [5.41, 5.74) is 0.619. The van der Waals surface area contributed by atoms with Crippen LogP contribution >= 0.6 is 0 Å². The van der Waals surface area contributed by atoms with Gasteiger partial charge in [-0.1, -0.05) is 42.5 Å². The summed E-state index contributed by atoms with van der Waals surface area (Å²) in [6.07, 6.45) is -1.04. The number of benzene rings is 3. The zero-order valence-electron chi connectivity index (χ0n) is 14.7. The van der Waals surface area contributed by atoms with E-state index >= 15 is 0 Å². The van der Waals surface area contributed by atoms with Crippen molar-refractivity contribution in [3.05, 3.63) is 72.0 Å². The van der Waals surface area contributed by atoms with Gasteiger partial charge in [0, 0.05) is 6.54 Å². The van der Waals surface area contributed by atoms with Gasteiger partial charge >= 0.3 is 0 Å². The number of aliphatic hydroxyl groups excluding tert-OH is 1. The molecule has 0 aromatic heterocycles. The number of sulfonamides is 1. The first-order valence-corrected chi connectivity index (χ1v) is 9.98. The zero-order chi connectivity index (χ0) is 19.4. The molecular formula is C20H20FNO4S. The number of fused-ring (bicyclic) bond motifs is 1. The van der Waals surface area contributed by atoms with Crippen molar-refractivity contribution >= 4 is 20.8 Å². The van der Waals surface area contributed by atoms with E-state index in [0.29, 0.717) is 5.56 Å². The van der Waals surface area contributed by atoms with Gasteiger partial charge in [0.25, 0.3) is 0 Å². The van der Waals surface area contributed by atoms with Crippen LogP contribution in [0.3, 0.4) is 0 Å². The molecule has 0 fully saturated rings. The Morgan fingerprint density at radius 2 is 1.85 bits per heavy atom.